The van der Waals surface area contributed by atoms with E-state index in [1.807, 2.05) is 0 Å². The summed E-state index contributed by atoms with van der Waals surface area (Å²) in [6.07, 6.45) is -3.15. The Morgan fingerprint density at radius 3 is 2.51 bits per heavy atom. The molecule has 2 aliphatic rings. The molecule has 0 saturated carbocycles. The summed E-state index contributed by atoms with van der Waals surface area (Å²) in [6, 6.07) is 6.15. The van der Waals surface area contributed by atoms with Gasteiger partial charge in [-0.1, -0.05) is 19.1 Å². The van der Waals surface area contributed by atoms with Gasteiger partial charge in [-0.3, -0.25) is 9.69 Å². The van der Waals surface area contributed by atoms with Crippen molar-refractivity contribution in [1.82, 2.24) is 20.2 Å². The third-order valence-electron chi connectivity index (χ3n) is 8.11. The van der Waals surface area contributed by atoms with Crippen LogP contribution in [0.5, 0.6) is 0 Å². The molecule has 1 fully saturated rings. The van der Waals surface area contributed by atoms with Gasteiger partial charge in [0.05, 0.1) is 12.2 Å². The number of likely N-dealkylation sites (tertiary alicyclic amines) is 1. The second-order valence-electron chi connectivity index (χ2n) is 11.3. The molecule has 45 heavy (non-hydrogen) atoms. The summed E-state index contributed by atoms with van der Waals surface area (Å²) in [7, 11) is 0. The van der Waals surface area contributed by atoms with Crippen LogP contribution < -0.4 is 20.4 Å². The third kappa shape index (κ3) is 6.28. The van der Waals surface area contributed by atoms with Crippen LogP contribution in [0.3, 0.4) is 0 Å². The predicted molar refractivity (Wildman–Crippen MR) is 160 cm³/mol. The first kappa shape index (κ1) is 32.1. The SMILES string of the molecule is CCN1CCC[C@H]1CNc1nc(-c2cc(N(C(=O)C(F)(F)F)C(C)C)ccc2C)c2c(n1)N(c1c(F)cccc1F)C(=O)NC2. The number of halogens is 5. The highest BCUT2D eigenvalue weighted by Gasteiger charge is 2.44. The second kappa shape index (κ2) is 12.6. The number of carbonyl (C=O) groups is 2. The van der Waals surface area contributed by atoms with Crippen molar-refractivity contribution in [3.63, 3.8) is 0 Å². The Hall–Kier alpha value is -4.33. The highest BCUT2D eigenvalue weighted by Crippen LogP contribution is 2.40. The molecule has 2 aromatic carbocycles. The van der Waals surface area contributed by atoms with Crippen molar-refractivity contribution >= 4 is 35.1 Å². The van der Waals surface area contributed by atoms with Crippen molar-refractivity contribution in [2.24, 2.45) is 0 Å². The molecule has 9 nitrogen and oxygen atoms in total. The number of aromatic nitrogens is 2. The standard InChI is InChI=1S/C31H34F5N7O2/c1-5-41-13-7-8-20(41)15-37-29-39-25(21-14-19(12-11-18(21)4)42(17(2)3)28(44)31(34,35)36)22-16-38-30(45)43(27(22)40-29)26-23(32)9-6-10-24(26)33/h6,9-12,14,17,20H,5,7-8,13,15-16H2,1-4H3,(H,38,45)(H,37,39,40)/t20-/m0/s1. The molecule has 5 rings (SSSR count). The van der Waals surface area contributed by atoms with Gasteiger partial charge in [0, 0.05) is 35.4 Å². The number of urea groups is 1. The van der Waals surface area contributed by atoms with Crippen LogP contribution in [-0.4, -0.2) is 64.7 Å². The lowest BCUT2D eigenvalue weighted by Gasteiger charge is -2.32. The van der Waals surface area contributed by atoms with Crippen LogP contribution in [0.1, 0.15) is 44.7 Å². The largest absolute Gasteiger partial charge is 0.471 e. The molecule has 240 valence electrons. The fourth-order valence-electron chi connectivity index (χ4n) is 5.92. The Bertz CT molecular complexity index is 1590. The molecule has 0 spiro atoms. The van der Waals surface area contributed by atoms with Crippen molar-refractivity contribution in [2.45, 2.75) is 65.3 Å². The van der Waals surface area contributed by atoms with E-state index in [-0.39, 0.29) is 41.3 Å². The lowest BCUT2D eigenvalue weighted by atomic mass is 9.98. The van der Waals surface area contributed by atoms with Crippen LogP contribution >= 0.6 is 0 Å². The van der Waals surface area contributed by atoms with Gasteiger partial charge in [0.25, 0.3) is 0 Å². The number of hydrogen-bond acceptors (Lipinski definition) is 6. The first-order valence-electron chi connectivity index (χ1n) is 14.7. The van der Waals surface area contributed by atoms with E-state index in [1.165, 1.54) is 32.0 Å². The number of nitrogens with one attached hydrogen (secondary N) is 2. The van der Waals surface area contributed by atoms with Crippen LogP contribution in [0.2, 0.25) is 0 Å². The number of para-hydroxylation sites is 1. The summed E-state index contributed by atoms with van der Waals surface area (Å²) in [5, 5.41) is 5.82. The number of carbonyl (C=O) groups excluding carboxylic acids is 2. The molecule has 0 unspecified atom stereocenters. The van der Waals surface area contributed by atoms with Gasteiger partial charge in [0.15, 0.2) is 5.82 Å². The van der Waals surface area contributed by atoms with E-state index in [0.717, 1.165) is 43.0 Å². The minimum Gasteiger partial charge on any atom is -0.353 e. The van der Waals surface area contributed by atoms with E-state index in [2.05, 4.69) is 27.4 Å². The third-order valence-corrected chi connectivity index (χ3v) is 8.11. The zero-order valence-electron chi connectivity index (χ0n) is 25.3. The molecule has 0 aliphatic carbocycles. The zero-order valence-corrected chi connectivity index (χ0v) is 25.3. The summed E-state index contributed by atoms with van der Waals surface area (Å²) in [6.45, 7) is 8.83. The van der Waals surface area contributed by atoms with E-state index in [1.54, 1.807) is 13.0 Å². The van der Waals surface area contributed by atoms with Crippen LogP contribution in [-0.2, 0) is 11.3 Å². The maximum absolute atomic E-state index is 15.1. The average Bonchev–Trinajstić information content (AvgIpc) is 3.44. The smallest absolute Gasteiger partial charge is 0.353 e. The Morgan fingerprint density at radius 2 is 1.87 bits per heavy atom. The van der Waals surface area contributed by atoms with E-state index in [4.69, 9.17) is 4.98 Å². The van der Waals surface area contributed by atoms with Crippen molar-refractivity contribution in [3.05, 3.63) is 59.2 Å². The molecular formula is C31H34F5N7O2. The number of alkyl halides is 3. The van der Waals surface area contributed by atoms with Crippen LogP contribution in [0.15, 0.2) is 36.4 Å². The number of aryl methyl sites for hydroxylation is 1. The van der Waals surface area contributed by atoms with Gasteiger partial charge in [-0.25, -0.2) is 23.5 Å². The first-order valence-corrected chi connectivity index (χ1v) is 14.7. The summed E-state index contributed by atoms with van der Waals surface area (Å²) in [5.74, 6) is -4.02. The molecule has 3 amide bonds. The lowest BCUT2D eigenvalue weighted by molar-refractivity contribution is -0.170. The topological polar surface area (TPSA) is 93.7 Å². The number of fused-ring (bicyclic) bond motifs is 1. The van der Waals surface area contributed by atoms with Crippen molar-refractivity contribution in [2.75, 3.05) is 34.8 Å². The van der Waals surface area contributed by atoms with Crippen LogP contribution in [0.4, 0.5) is 49.9 Å². The van der Waals surface area contributed by atoms with Gasteiger partial charge >= 0.3 is 18.1 Å². The number of rotatable bonds is 8. The quantitative estimate of drug-likeness (QED) is 0.284. The molecule has 0 bridgehead atoms. The summed E-state index contributed by atoms with van der Waals surface area (Å²) >= 11 is 0. The number of hydrogen-bond donors (Lipinski definition) is 2. The fraction of sp³-hybridized carbons (Fsp3) is 0.419. The monoisotopic (exact) mass is 631 g/mol. The summed E-state index contributed by atoms with van der Waals surface area (Å²) in [5.41, 5.74) is 0.823. The van der Waals surface area contributed by atoms with E-state index < -0.39 is 41.5 Å². The van der Waals surface area contributed by atoms with Crippen molar-refractivity contribution < 1.29 is 31.5 Å². The highest BCUT2D eigenvalue weighted by molar-refractivity contribution is 6.02. The average molecular weight is 632 g/mol. The highest BCUT2D eigenvalue weighted by atomic mass is 19.4. The summed E-state index contributed by atoms with van der Waals surface area (Å²) in [4.78, 5) is 38.6. The maximum atomic E-state index is 15.1. The van der Waals surface area contributed by atoms with Gasteiger partial charge in [0.2, 0.25) is 5.95 Å². The zero-order chi connectivity index (χ0) is 32.6. The molecule has 1 aromatic heterocycles. The predicted octanol–water partition coefficient (Wildman–Crippen LogP) is 6.29. The van der Waals surface area contributed by atoms with E-state index >= 15 is 8.78 Å². The van der Waals surface area contributed by atoms with Gasteiger partial charge in [-0.05, 0) is 76.5 Å². The number of amides is 3. The lowest BCUT2D eigenvalue weighted by Crippen LogP contribution is -2.45. The van der Waals surface area contributed by atoms with Crippen molar-refractivity contribution in [1.29, 1.82) is 0 Å². The molecular weight excluding hydrogens is 597 g/mol. The minimum absolute atomic E-state index is 0.0174. The molecule has 1 atom stereocenters. The molecule has 3 heterocycles. The van der Waals surface area contributed by atoms with E-state index in [9.17, 15) is 22.8 Å². The maximum Gasteiger partial charge on any atom is 0.471 e. The Kier molecular flexibility index (Phi) is 8.97. The van der Waals surface area contributed by atoms with Crippen LogP contribution in [0.25, 0.3) is 11.3 Å². The number of nitrogens with zero attached hydrogens (tertiary/aromatic N) is 5. The Morgan fingerprint density at radius 1 is 1.16 bits per heavy atom. The van der Waals surface area contributed by atoms with Crippen LogP contribution in [0, 0.1) is 18.6 Å². The molecule has 3 aromatic rings. The van der Waals surface area contributed by atoms with Gasteiger partial charge in [-0.15, -0.1) is 0 Å². The van der Waals surface area contributed by atoms with Crippen molar-refractivity contribution in [3.8, 4) is 11.3 Å². The number of anilines is 4. The summed E-state index contributed by atoms with van der Waals surface area (Å²) < 4.78 is 70.8. The normalized spacial score (nSPS) is 17.0. The Labute approximate surface area is 257 Å². The number of likely N-dealkylation sites (N-methyl/N-ethyl adjacent to an activating group) is 1. The fourth-order valence-corrected chi connectivity index (χ4v) is 5.92. The first-order chi connectivity index (χ1) is 21.3. The minimum atomic E-state index is -5.11. The van der Waals surface area contributed by atoms with Gasteiger partial charge in [0.1, 0.15) is 17.3 Å². The molecule has 0 radical (unpaired) electrons. The Balaban J connectivity index is 1.69. The van der Waals surface area contributed by atoms with Gasteiger partial charge < -0.3 is 15.5 Å². The molecule has 14 heteroatoms. The number of benzene rings is 2. The second-order valence-corrected chi connectivity index (χ2v) is 11.3. The van der Waals surface area contributed by atoms with Gasteiger partial charge in [-0.2, -0.15) is 18.2 Å². The molecule has 2 aliphatic heterocycles. The molecule has 1 saturated heterocycles. The van der Waals surface area contributed by atoms with E-state index in [0.29, 0.717) is 22.6 Å². The molecule has 2 N–H and O–H groups in total.